The molecule has 6 nitrogen and oxygen atoms in total. The van der Waals surface area contributed by atoms with E-state index in [4.69, 9.17) is 0 Å². The minimum Gasteiger partial charge on any atom is -0.348 e. The zero-order valence-electron chi connectivity index (χ0n) is 18.9. The van der Waals surface area contributed by atoms with E-state index >= 15 is 0 Å². The van der Waals surface area contributed by atoms with Gasteiger partial charge in [-0.15, -0.1) is 0 Å². The third kappa shape index (κ3) is 3.26. The molecule has 0 atom stereocenters. The summed E-state index contributed by atoms with van der Waals surface area (Å²) in [6, 6.07) is 11.0. The molecule has 0 radical (unpaired) electrons. The van der Waals surface area contributed by atoms with E-state index in [1.54, 1.807) is 6.08 Å². The number of imide groups is 2. The monoisotopic (exact) mass is 443 g/mol. The number of barbiturate groups is 1. The lowest BCUT2D eigenvalue weighted by Crippen LogP contribution is -2.54. The molecule has 4 saturated carbocycles. The van der Waals surface area contributed by atoms with Crippen LogP contribution in [0, 0.1) is 17.8 Å². The number of hydrogen-bond donors (Lipinski definition) is 1. The van der Waals surface area contributed by atoms with Crippen molar-refractivity contribution in [2.24, 2.45) is 17.8 Å². The van der Waals surface area contributed by atoms with Gasteiger partial charge in [0.25, 0.3) is 11.8 Å². The Morgan fingerprint density at radius 3 is 2.21 bits per heavy atom. The van der Waals surface area contributed by atoms with Crippen LogP contribution in [-0.2, 0) is 21.5 Å². The van der Waals surface area contributed by atoms with Crippen LogP contribution in [0.5, 0.6) is 0 Å². The predicted octanol–water partition coefficient (Wildman–Crippen LogP) is 4.64. The van der Waals surface area contributed by atoms with Gasteiger partial charge in [-0.3, -0.25) is 14.9 Å². The van der Waals surface area contributed by atoms with Crippen LogP contribution in [0.3, 0.4) is 0 Å². The lowest BCUT2D eigenvalue weighted by Gasteiger charge is -2.57. The van der Waals surface area contributed by atoms with Crippen molar-refractivity contribution >= 4 is 29.6 Å². The number of amides is 4. The number of urea groups is 1. The Morgan fingerprint density at radius 1 is 0.970 bits per heavy atom. The summed E-state index contributed by atoms with van der Waals surface area (Å²) in [7, 11) is 0. The number of carbonyl (C=O) groups excluding carboxylic acids is 3. The van der Waals surface area contributed by atoms with E-state index in [-0.39, 0.29) is 11.0 Å². The lowest BCUT2D eigenvalue weighted by atomic mass is 9.48. The Morgan fingerprint density at radius 2 is 1.61 bits per heavy atom. The van der Waals surface area contributed by atoms with Crippen LogP contribution < -0.4 is 10.2 Å². The van der Waals surface area contributed by atoms with Crippen LogP contribution in [-0.4, -0.2) is 22.4 Å². The molecule has 1 N–H and O–H groups in total. The van der Waals surface area contributed by atoms with Crippen LogP contribution in [0.15, 0.2) is 48.2 Å². The highest BCUT2D eigenvalue weighted by atomic mass is 16.2. The number of nitrogens with one attached hydrogen (secondary N) is 1. The van der Waals surface area contributed by atoms with Gasteiger partial charge in [0.2, 0.25) is 0 Å². The molecule has 5 fully saturated rings. The number of rotatable bonds is 4. The molecule has 1 saturated heterocycles. The van der Waals surface area contributed by atoms with Crippen LogP contribution in [0.1, 0.15) is 56.7 Å². The molecule has 4 aliphatic carbocycles. The van der Waals surface area contributed by atoms with E-state index in [0.717, 1.165) is 34.9 Å². The van der Waals surface area contributed by atoms with Crippen molar-refractivity contribution in [3.8, 4) is 0 Å². The van der Waals surface area contributed by atoms with Crippen molar-refractivity contribution in [3.63, 3.8) is 0 Å². The smallest absolute Gasteiger partial charge is 0.335 e. The molecular formula is C27H29N3O3. The Bertz CT molecular complexity index is 1140. The summed E-state index contributed by atoms with van der Waals surface area (Å²) in [4.78, 5) is 39.4. The first kappa shape index (κ1) is 20.5. The summed E-state index contributed by atoms with van der Waals surface area (Å²) in [5, 5.41) is 2.33. The Balaban J connectivity index is 1.30. The van der Waals surface area contributed by atoms with Gasteiger partial charge < -0.3 is 4.57 Å². The highest BCUT2D eigenvalue weighted by molar-refractivity contribution is 6.39. The Kier molecular flexibility index (Phi) is 4.61. The summed E-state index contributed by atoms with van der Waals surface area (Å²) < 4.78 is 1.94. The molecule has 2 heterocycles. The topological polar surface area (TPSA) is 71.4 Å². The van der Waals surface area contributed by atoms with Crippen molar-refractivity contribution in [1.29, 1.82) is 0 Å². The van der Waals surface area contributed by atoms with Gasteiger partial charge in [-0.25, -0.2) is 9.69 Å². The Labute approximate surface area is 193 Å². The van der Waals surface area contributed by atoms with E-state index < -0.39 is 17.8 Å². The van der Waals surface area contributed by atoms with Crippen LogP contribution in [0.25, 0.3) is 6.08 Å². The SMILES string of the molecule is CCn1cccc1/C=C1\C(=O)NC(=O)N(c2ccc(C34CC5CC(CC(C5)C3)C4)cc2)C1=O. The van der Waals surface area contributed by atoms with E-state index in [2.05, 4.69) is 17.4 Å². The van der Waals surface area contributed by atoms with Gasteiger partial charge in [0.15, 0.2) is 0 Å². The number of aromatic nitrogens is 1. The highest BCUT2D eigenvalue weighted by Crippen LogP contribution is 2.60. The second kappa shape index (κ2) is 7.44. The summed E-state index contributed by atoms with van der Waals surface area (Å²) >= 11 is 0. The summed E-state index contributed by atoms with van der Waals surface area (Å²) in [6.07, 6.45) is 11.4. The minimum atomic E-state index is -0.699. The van der Waals surface area contributed by atoms with Crippen LogP contribution in [0.2, 0.25) is 0 Å². The quantitative estimate of drug-likeness (QED) is 0.553. The second-order valence-corrected chi connectivity index (χ2v) is 10.4. The summed E-state index contributed by atoms with van der Waals surface area (Å²) in [5.41, 5.74) is 2.81. The van der Waals surface area contributed by atoms with E-state index in [9.17, 15) is 14.4 Å². The van der Waals surface area contributed by atoms with Gasteiger partial charge in [0.05, 0.1) is 5.69 Å². The van der Waals surface area contributed by atoms with Crippen molar-refractivity contribution in [2.45, 2.75) is 57.4 Å². The van der Waals surface area contributed by atoms with Gasteiger partial charge in [0.1, 0.15) is 5.57 Å². The molecule has 4 amide bonds. The van der Waals surface area contributed by atoms with Gasteiger partial charge in [0, 0.05) is 18.4 Å². The molecule has 5 aliphatic rings. The van der Waals surface area contributed by atoms with Gasteiger partial charge in [-0.2, -0.15) is 0 Å². The van der Waals surface area contributed by atoms with Gasteiger partial charge >= 0.3 is 6.03 Å². The maximum atomic E-state index is 13.2. The molecule has 7 rings (SSSR count). The Hall–Kier alpha value is -3.15. The normalized spacial score (nSPS) is 32.0. The molecule has 2 aromatic rings. The van der Waals surface area contributed by atoms with Crippen LogP contribution >= 0.6 is 0 Å². The predicted molar refractivity (Wildman–Crippen MR) is 125 cm³/mol. The van der Waals surface area contributed by atoms with Crippen molar-refractivity contribution < 1.29 is 14.4 Å². The summed E-state index contributed by atoms with van der Waals surface area (Å²) in [5.74, 6) is 1.31. The zero-order valence-corrected chi connectivity index (χ0v) is 18.9. The van der Waals surface area contributed by atoms with Crippen molar-refractivity contribution in [1.82, 2.24) is 9.88 Å². The average Bonchev–Trinajstić information content (AvgIpc) is 3.23. The first-order valence-electron chi connectivity index (χ1n) is 12.1. The average molecular weight is 444 g/mol. The number of carbonyl (C=O) groups is 3. The third-order valence-electron chi connectivity index (χ3n) is 8.38. The fraction of sp³-hybridized carbons (Fsp3) is 0.444. The number of benzene rings is 1. The molecule has 0 unspecified atom stereocenters. The second-order valence-electron chi connectivity index (χ2n) is 10.4. The maximum Gasteiger partial charge on any atom is 0.335 e. The standard InChI is InChI=1S/C27H29N3O3/c1-2-29-9-3-4-22(29)13-23-24(31)28-26(33)30(25(23)32)21-7-5-20(6-8-21)27-14-17-10-18(15-27)12-19(11-17)16-27/h3-9,13,17-19H,2,10-12,14-16H2,1H3,(H,28,31,33)/b23-13+. The highest BCUT2D eigenvalue weighted by Gasteiger charge is 2.51. The summed E-state index contributed by atoms with van der Waals surface area (Å²) in [6.45, 7) is 2.71. The number of hydrogen-bond acceptors (Lipinski definition) is 3. The zero-order chi connectivity index (χ0) is 22.7. The largest absolute Gasteiger partial charge is 0.348 e. The van der Waals surface area contributed by atoms with E-state index in [0.29, 0.717) is 5.69 Å². The molecule has 170 valence electrons. The molecule has 1 aromatic carbocycles. The fourth-order valence-corrected chi connectivity index (χ4v) is 7.31. The number of nitrogens with zero attached hydrogens (tertiary/aromatic N) is 2. The van der Waals surface area contributed by atoms with Gasteiger partial charge in [-0.05, 0) is 105 Å². The first-order chi connectivity index (χ1) is 16.0. The molecule has 4 bridgehead atoms. The minimum absolute atomic E-state index is 0.0341. The molecule has 1 aromatic heterocycles. The number of anilines is 1. The lowest BCUT2D eigenvalue weighted by molar-refractivity contribution is -0.122. The molecule has 6 heteroatoms. The van der Waals surface area contributed by atoms with Crippen molar-refractivity contribution in [2.75, 3.05) is 4.90 Å². The maximum absolute atomic E-state index is 13.2. The fourth-order valence-electron chi connectivity index (χ4n) is 7.31. The molecule has 1 aliphatic heterocycles. The van der Waals surface area contributed by atoms with E-state index in [1.807, 2.05) is 42.0 Å². The number of aryl methyl sites for hydroxylation is 1. The van der Waals surface area contributed by atoms with Crippen molar-refractivity contribution in [3.05, 3.63) is 59.4 Å². The molecule has 33 heavy (non-hydrogen) atoms. The molecule has 0 spiro atoms. The van der Waals surface area contributed by atoms with Gasteiger partial charge in [-0.1, -0.05) is 12.1 Å². The third-order valence-corrected chi connectivity index (χ3v) is 8.38. The molecular weight excluding hydrogens is 414 g/mol. The van der Waals surface area contributed by atoms with E-state index in [1.165, 1.54) is 44.1 Å². The first-order valence-corrected chi connectivity index (χ1v) is 12.1. The van der Waals surface area contributed by atoms with Crippen LogP contribution in [0.4, 0.5) is 10.5 Å².